The van der Waals surface area contributed by atoms with E-state index in [-0.39, 0.29) is 17.1 Å². The van der Waals surface area contributed by atoms with Gasteiger partial charge in [-0.3, -0.25) is 4.31 Å². The van der Waals surface area contributed by atoms with Crippen molar-refractivity contribution in [3.63, 3.8) is 0 Å². The zero-order valence-electron chi connectivity index (χ0n) is 15.0. The number of hydrogen-bond acceptors (Lipinski definition) is 6. The Bertz CT molecular complexity index is 1030. The van der Waals surface area contributed by atoms with Crippen LogP contribution in [-0.2, 0) is 30.7 Å². The number of hydrogen-bond donors (Lipinski definition) is 0. The lowest BCUT2D eigenvalue weighted by atomic mass is 10.0. The Kier molecular flexibility index (Phi) is 4.80. The number of carbonyl (C=O) groups is 2. The number of para-hydroxylation sites is 1. The number of anilines is 1. The van der Waals surface area contributed by atoms with Crippen molar-refractivity contribution in [2.45, 2.75) is 30.3 Å². The summed E-state index contributed by atoms with van der Waals surface area (Å²) >= 11 is 0. The molecule has 7 nitrogen and oxygen atoms in total. The van der Waals surface area contributed by atoms with Gasteiger partial charge in [-0.05, 0) is 42.7 Å². The van der Waals surface area contributed by atoms with E-state index in [2.05, 4.69) is 0 Å². The van der Waals surface area contributed by atoms with E-state index >= 15 is 0 Å². The van der Waals surface area contributed by atoms with Gasteiger partial charge >= 0.3 is 11.9 Å². The molecule has 1 atom stereocenters. The first kappa shape index (κ1) is 18.5. The van der Waals surface area contributed by atoms with E-state index in [1.165, 1.54) is 28.6 Å². The molecule has 8 heteroatoms. The molecule has 0 aromatic heterocycles. The molecule has 0 saturated carbocycles. The van der Waals surface area contributed by atoms with Crippen LogP contribution in [0.5, 0.6) is 0 Å². The summed E-state index contributed by atoms with van der Waals surface area (Å²) in [5.41, 5.74) is 1.72. The minimum absolute atomic E-state index is 0.00708. The zero-order chi connectivity index (χ0) is 19.7. The van der Waals surface area contributed by atoms with Gasteiger partial charge in [0.15, 0.2) is 0 Å². The van der Waals surface area contributed by atoms with Crippen molar-refractivity contribution in [3.05, 3.63) is 59.7 Å². The highest BCUT2D eigenvalue weighted by atomic mass is 32.2. The predicted molar refractivity (Wildman–Crippen MR) is 101 cm³/mol. The fraction of sp³-hybridized carbons (Fsp3) is 0.300. The molecule has 2 aliphatic heterocycles. The van der Waals surface area contributed by atoms with Crippen molar-refractivity contribution in [2.24, 2.45) is 0 Å². The zero-order valence-corrected chi connectivity index (χ0v) is 15.9. The molecule has 0 spiro atoms. The van der Waals surface area contributed by atoms with Crippen LogP contribution in [0.4, 0.5) is 5.69 Å². The normalized spacial score (nSPS) is 19.1. The Morgan fingerprint density at radius 2 is 1.96 bits per heavy atom. The van der Waals surface area contributed by atoms with Gasteiger partial charge in [0.1, 0.15) is 0 Å². The summed E-state index contributed by atoms with van der Waals surface area (Å²) in [5.74, 6) is -1.33. The molecule has 0 N–H and O–H groups in total. The van der Waals surface area contributed by atoms with E-state index in [0.29, 0.717) is 18.7 Å². The molecule has 0 amide bonds. The predicted octanol–water partition coefficient (Wildman–Crippen LogP) is 2.30. The second kappa shape index (κ2) is 7.27. The summed E-state index contributed by atoms with van der Waals surface area (Å²) in [6.07, 6.45) is 0.905. The smallest absolute Gasteiger partial charge is 0.347 e. The third-order valence-electron chi connectivity index (χ3n) is 4.86. The van der Waals surface area contributed by atoms with Crippen LogP contribution in [0.2, 0.25) is 0 Å². The van der Waals surface area contributed by atoms with Crippen LogP contribution in [0.15, 0.2) is 53.4 Å². The van der Waals surface area contributed by atoms with Crippen LogP contribution in [0.1, 0.15) is 28.8 Å². The van der Waals surface area contributed by atoms with E-state index in [1.54, 1.807) is 12.1 Å². The molecule has 28 heavy (non-hydrogen) atoms. The van der Waals surface area contributed by atoms with Gasteiger partial charge in [-0.2, -0.15) is 0 Å². The van der Waals surface area contributed by atoms with Crippen molar-refractivity contribution in [1.29, 1.82) is 0 Å². The molecule has 1 saturated heterocycles. The number of nitrogens with zero attached hydrogens (tertiary/aromatic N) is 1. The number of fused-ring (bicyclic) bond motifs is 1. The third kappa shape index (κ3) is 3.35. The standard InChI is InChI=1S/C20H19NO6S/c22-19(27-18-10-12-26-20(18)23)15-6-3-8-16(13-15)28(24,25)21-11-4-7-14-5-1-2-9-17(14)21/h1-3,5-6,8-9,13,18H,4,7,10-12H2/t18-/m1/s1. The largest absolute Gasteiger partial charge is 0.463 e. The van der Waals surface area contributed by atoms with Gasteiger partial charge in [0.05, 0.1) is 22.8 Å². The van der Waals surface area contributed by atoms with Crippen LogP contribution in [0.25, 0.3) is 0 Å². The third-order valence-corrected chi connectivity index (χ3v) is 6.67. The monoisotopic (exact) mass is 401 g/mol. The van der Waals surface area contributed by atoms with Crippen LogP contribution in [0, 0.1) is 0 Å². The lowest BCUT2D eigenvalue weighted by molar-refractivity contribution is -0.145. The molecule has 0 unspecified atom stereocenters. The number of rotatable bonds is 4. The molecule has 146 valence electrons. The Morgan fingerprint density at radius 1 is 1.14 bits per heavy atom. The average molecular weight is 401 g/mol. The Morgan fingerprint density at radius 3 is 2.75 bits per heavy atom. The van der Waals surface area contributed by atoms with E-state index < -0.39 is 28.1 Å². The van der Waals surface area contributed by atoms with E-state index in [9.17, 15) is 18.0 Å². The highest BCUT2D eigenvalue weighted by Crippen LogP contribution is 2.32. The topological polar surface area (TPSA) is 90.0 Å². The molecule has 1 fully saturated rings. The van der Waals surface area contributed by atoms with Gasteiger partial charge in [-0.25, -0.2) is 18.0 Å². The van der Waals surface area contributed by atoms with Crippen LogP contribution in [0.3, 0.4) is 0 Å². The summed E-state index contributed by atoms with van der Waals surface area (Å²) in [6, 6.07) is 13.1. The van der Waals surface area contributed by atoms with E-state index in [1.807, 2.05) is 12.1 Å². The van der Waals surface area contributed by atoms with Crippen molar-refractivity contribution in [1.82, 2.24) is 0 Å². The van der Waals surface area contributed by atoms with Crippen molar-refractivity contribution in [2.75, 3.05) is 17.5 Å². The maximum absolute atomic E-state index is 13.2. The summed E-state index contributed by atoms with van der Waals surface area (Å²) in [7, 11) is -3.84. The van der Waals surface area contributed by atoms with Crippen LogP contribution < -0.4 is 4.31 Å². The molecule has 2 aromatic carbocycles. The quantitative estimate of drug-likeness (QED) is 0.731. The lowest BCUT2D eigenvalue weighted by Gasteiger charge is -2.30. The molecule has 2 aliphatic rings. The van der Waals surface area contributed by atoms with Gasteiger partial charge in [-0.15, -0.1) is 0 Å². The minimum atomic E-state index is -3.84. The molecule has 0 radical (unpaired) electrons. The van der Waals surface area contributed by atoms with Crippen LogP contribution >= 0.6 is 0 Å². The van der Waals surface area contributed by atoms with Gasteiger partial charge < -0.3 is 9.47 Å². The molecular weight excluding hydrogens is 382 g/mol. The number of aryl methyl sites for hydroxylation is 1. The first-order chi connectivity index (χ1) is 13.5. The summed E-state index contributed by atoms with van der Waals surface area (Å²) in [4.78, 5) is 23.9. The fourth-order valence-corrected chi connectivity index (χ4v) is 5.03. The summed E-state index contributed by atoms with van der Waals surface area (Å²) in [6.45, 7) is 0.585. The maximum atomic E-state index is 13.2. The number of esters is 2. The number of benzene rings is 2. The summed E-state index contributed by atoms with van der Waals surface area (Å²) in [5, 5.41) is 0. The minimum Gasteiger partial charge on any atom is -0.463 e. The first-order valence-electron chi connectivity index (χ1n) is 9.05. The average Bonchev–Trinajstić information content (AvgIpc) is 3.12. The van der Waals surface area contributed by atoms with Gasteiger partial charge in [0.2, 0.25) is 6.10 Å². The van der Waals surface area contributed by atoms with Crippen molar-refractivity contribution >= 4 is 27.6 Å². The molecular formula is C20H19NO6S. The number of ether oxygens (including phenoxy) is 2. The Labute approximate surface area is 162 Å². The SMILES string of the molecule is O=C(O[C@@H]1CCOC1=O)c1cccc(S(=O)(=O)N2CCCc3ccccc32)c1. The lowest BCUT2D eigenvalue weighted by Crippen LogP contribution is -2.35. The highest BCUT2D eigenvalue weighted by Gasteiger charge is 2.32. The van der Waals surface area contributed by atoms with Gasteiger partial charge in [0, 0.05) is 13.0 Å². The number of cyclic esters (lactones) is 1. The van der Waals surface area contributed by atoms with Crippen molar-refractivity contribution in [3.8, 4) is 0 Å². The highest BCUT2D eigenvalue weighted by molar-refractivity contribution is 7.92. The van der Waals surface area contributed by atoms with Gasteiger partial charge in [0.25, 0.3) is 10.0 Å². The fourth-order valence-electron chi connectivity index (χ4n) is 3.44. The number of carbonyl (C=O) groups excluding carboxylic acids is 2. The van der Waals surface area contributed by atoms with E-state index in [0.717, 1.165) is 18.4 Å². The second-order valence-electron chi connectivity index (χ2n) is 6.69. The molecule has 2 aromatic rings. The van der Waals surface area contributed by atoms with Gasteiger partial charge in [-0.1, -0.05) is 24.3 Å². The van der Waals surface area contributed by atoms with E-state index in [4.69, 9.17) is 9.47 Å². The maximum Gasteiger partial charge on any atom is 0.347 e. The second-order valence-corrected chi connectivity index (χ2v) is 8.55. The van der Waals surface area contributed by atoms with Crippen LogP contribution in [-0.4, -0.2) is 39.6 Å². The Balaban J connectivity index is 1.62. The number of sulfonamides is 1. The summed E-state index contributed by atoms with van der Waals surface area (Å²) < 4.78 is 37.8. The first-order valence-corrected chi connectivity index (χ1v) is 10.5. The Hall–Kier alpha value is -2.87. The molecule has 4 rings (SSSR count). The van der Waals surface area contributed by atoms with Crippen molar-refractivity contribution < 1.29 is 27.5 Å². The molecule has 0 bridgehead atoms. The molecule has 0 aliphatic carbocycles. The molecule has 2 heterocycles.